The molecule has 22 heavy (non-hydrogen) atoms. The lowest BCUT2D eigenvalue weighted by Crippen LogP contribution is -2.49. The number of anilines is 1. The number of likely N-dealkylation sites (N-methyl/N-ethyl adjacent to an activating group) is 1. The molecule has 2 rings (SSSR count). The van der Waals surface area contributed by atoms with Gasteiger partial charge < -0.3 is 19.3 Å². The molecule has 1 amide bonds. The van der Waals surface area contributed by atoms with Crippen molar-refractivity contribution in [2.45, 2.75) is 26.3 Å². The number of hydrogen-bond donors (Lipinski definition) is 0. The van der Waals surface area contributed by atoms with E-state index in [0.717, 1.165) is 17.7 Å². The van der Waals surface area contributed by atoms with Crippen LogP contribution in [0.25, 0.3) is 0 Å². The summed E-state index contributed by atoms with van der Waals surface area (Å²) >= 11 is 0. The second-order valence-electron chi connectivity index (χ2n) is 6.26. The third kappa shape index (κ3) is 3.04. The van der Waals surface area contributed by atoms with E-state index in [-0.39, 0.29) is 11.8 Å². The monoisotopic (exact) mass is 306 g/mol. The Balaban J connectivity index is 2.52. The minimum Gasteiger partial charge on any atom is -0.493 e. The summed E-state index contributed by atoms with van der Waals surface area (Å²) in [6.07, 6.45) is 0.893. The van der Waals surface area contributed by atoms with Crippen LogP contribution in [0.2, 0.25) is 0 Å². The van der Waals surface area contributed by atoms with Crippen molar-refractivity contribution in [3.05, 3.63) is 17.7 Å². The number of hydrogen-bond acceptors (Lipinski definition) is 4. The van der Waals surface area contributed by atoms with Gasteiger partial charge in [-0.1, -0.05) is 13.8 Å². The van der Waals surface area contributed by atoms with Crippen molar-refractivity contribution < 1.29 is 14.3 Å². The van der Waals surface area contributed by atoms with Gasteiger partial charge in [0.1, 0.15) is 0 Å². The number of methoxy groups -OCH3 is 2. The normalized spacial score (nSPS) is 17.6. The van der Waals surface area contributed by atoms with E-state index >= 15 is 0 Å². The summed E-state index contributed by atoms with van der Waals surface area (Å²) in [5.74, 6) is 1.46. The minimum absolute atomic E-state index is 0.0399. The molecule has 1 aliphatic rings. The van der Waals surface area contributed by atoms with Crippen LogP contribution in [0.5, 0.6) is 11.5 Å². The molecule has 0 saturated heterocycles. The van der Waals surface area contributed by atoms with Gasteiger partial charge in [-0.05, 0) is 32.1 Å². The molecule has 122 valence electrons. The van der Waals surface area contributed by atoms with Gasteiger partial charge in [-0.3, -0.25) is 4.79 Å². The molecule has 0 spiro atoms. The van der Waals surface area contributed by atoms with E-state index in [1.807, 2.05) is 30.9 Å². The van der Waals surface area contributed by atoms with Crippen molar-refractivity contribution >= 4 is 11.6 Å². The molecular weight excluding hydrogens is 280 g/mol. The number of carbonyl (C=O) groups excluding carboxylic acids is 1. The predicted molar refractivity (Wildman–Crippen MR) is 87.9 cm³/mol. The summed E-state index contributed by atoms with van der Waals surface area (Å²) in [6, 6.07) is 4.21. The van der Waals surface area contributed by atoms with Crippen molar-refractivity contribution in [3.8, 4) is 11.5 Å². The van der Waals surface area contributed by atoms with Gasteiger partial charge in [-0.2, -0.15) is 0 Å². The van der Waals surface area contributed by atoms with Crippen LogP contribution in [0.1, 0.15) is 19.4 Å². The van der Waals surface area contributed by atoms with E-state index in [4.69, 9.17) is 9.47 Å². The Hall–Kier alpha value is -1.75. The SMILES string of the molecule is COc1cc2c(cc1OC)N(C(=O)C(C)C)C[C@H](N(C)C)C2. The fourth-order valence-electron chi connectivity index (χ4n) is 2.82. The number of amides is 1. The second-order valence-corrected chi connectivity index (χ2v) is 6.26. The fraction of sp³-hybridized carbons (Fsp3) is 0.588. The zero-order chi connectivity index (χ0) is 16.4. The Bertz CT molecular complexity index is 555. The molecular formula is C17H26N2O3. The number of nitrogens with zero attached hydrogens (tertiary/aromatic N) is 2. The highest BCUT2D eigenvalue weighted by atomic mass is 16.5. The van der Waals surface area contributed by atoms with Crippen molar-refractivity contribution in [1.82, 2.24) is 4.90 Å². The Kier molecular flexibility index (Phi) is 4.96. The summed E-state index contributed by atoms with van der Waals surface area (Å²) in [4.78, 5) is 16.7. The predicted octanol–water partition coefficient (Wildman–Crippen LogP) is 2.18. The quantitative estimate of drug-likeness (QED) is 0.855. The van der Waals surface area contributed by atoms with Gasteiger partial charge in [-0.25, -0.2) is 0 Å². The standard InChI is InChI=1S/C17H26N2O3/c1-11(2)17(20)19-10-13(18(3)4)7-12-8-15(21-5)16(22-6)9-14(12)19/h8-9,11,13H,7,10H2,1-6H3/t13-/m1/s1. The van der Waals surface area contributed by atoms with Crippen LogP contribution in [0.3, 0.4) is 0 Å². The fourth-order valence-corrected chi connectivity index (χ4v) is 2.82. The second kappa shape index (κ2) is 6.57. The molecule has 0 aromatic heterocycles. The maximum absolute atomic E-state index is 12.6. The van der Waals surface area contributed by atoms with Crippen LogP contribution in [0.4, 0.5) is 5.69 Å². The summed E-state index contributed by atoms with van der Waals surface area (Å²) in [5.41, 5.74) is 2.06. The first kappa shape index (κ1) is 16.6. The van der Waals surface area contributed by atoms with Crippen molar-refractivity contribution in [1.29, 1.82) is 0 Å². The highest BCUT2D eigenvalue weighted by Crippen LogP contribution is 2.39. The van der Waals surface area contributed by atoms with Crippen LogP contribution >= 0.6 is 0 Å². The van der Waals surface area contributed by atoms with E-state index in [1.165, 1.54) is 0 Å². The average molecular weight is 306 g/mol. The van der Waals surface area contributed by atoms with Crippen LogP contribution in [-0.2, 0) is 11.2 Å². The molecule has 1 aromatic carbocycles. The molecule has 0 aliphatic carbocycles. The Morgan fingerprint density at radius 2 is 1.82 bits per heavy atom. The molecule has 0 bridgehead atoms. The highest BCUT2D eigenvalue weighted by molar-refractivity contribution is 5.96. The van der Waals surface area contributed by atoms with Gasteiger partial charge in [0.2, 0.25) is 5.91 Å². The molecule has 1 heterocycles. The Morgan fingerprint density at radius 3 is 2.32 bits per heavy atom. The van der Waals surface area contributed by atoms with Crippen molar-refractivity contribution in [3.63, 3.8) is 0 Å². The molecule has 0 saturated carbocycles. The summed E-state index contributed by atoms with van der Waals surface area (Å²) in [6.45, 7) is 4.57. The molecule has 5 nitrogen and oxygen atoms in total. The molecule has 0 radical (unpaired) electrons. The third-order valence-electron chi connectivity index (χ3n) is 4.21. The maximum Gasteiger partial charge on any atom is 0.229 e. The number of fused-ring (bicyclic) bond motifs is 1. The minimum atomic E-state index is -0.0399. The topological polar surface area (TPSA) is 42.0 Å². The van der Waals surface area contributed by atoms with Gasteiger partial charge in [-0.15, -0.1) is 0 Å². The lowest BCUT2D eigenvalue weighted by molar-refractivity contribution is -0.121. The van der Waals surface area contributed by atoms with Crippen molar-refractivity contribution in [2.75, 3.05) is 39.8 Å². The largest absolute Gasteiger partial charge is 0.493 e. The zero-order valence-corrected chi connectivity index (χ0v) is 14.3. The van der Waals surface area contributed by atoms with Gasteiger partial charge in [0.05, 0.1) is 19.9 Å². The Labute approximate surface area is 132 Å². The smallest absolute Gasteiger partial charge is 0.229 e. The number of ether oxygens (including phenoxy) is 2. The molecule has 1 atom stereocenters. The van der Waals surface area contributed by atoms with Gasteiger partial charge in [0.15, 0.2) is 11.5 Å². The van der Waals surface area contributed by atoms with Crippen LogP contribution < -0.4 is 14.4 Å². The molecule has 1 aliphatic heterocycles. The van der Waals surface area contributed by atoms with Crippen LogP contribution in [0, 0.1) is 5.92 Å². The van der Waals surface area contributed by atoms with E-state index in [0.29, 0.717) is 24.1 Å². The number of benzene rings is 1. The lowest BCUT2D eigenvalue weighted by atomic mass is 9.95. The molecule has 1 aromatic rings. The molecule has 5 heteroatoms. The van der Waals surface area contributed by atoms with Gasteiger partial charge >= 0.3 is 0 Å². The summed E-state index contributed by atoms with van der Waals surface area (Å²) < 4.78 is 10.8. The van der Waals surface area contributed by atoms with Crippen molar-refractivity contribution in [2.24, 2.45) is 5.92 Å². The van der Waals surface area contributed by atoms with E-state index in [1.54, 1.807) is 14.2 Å². The maximum atomic E-state index is 12.6. The first-order valence-electron chi connectivity index (χ1n) is 7.61. The lowest BCUT2D eigenvalue weighted by Gasteiger charge is -2.38. The molecule has 0 N–H and O–H groups in total. The third-order valence-corrected chi connectivity index (χ3v) is 4.21. The van der Waals surface area contributed by atoms with E-state index in [2.05, 4.69) is 19.0 Å². The van der Waals surface area contributed by atoms with Crippen LogP contribution in [0.15, 0.2) is 12.1 Å². The van der Waals surface area contributed by atoms with Gasteiger partial charge in [0.25, 0.3) is 0 Å². The number of carbonyl (C=O) groups is 1. The first-order valence-corrected chi connectivity index (χ1v) is 7.61. The van der Waals surface area contributed by atoms with E-state index in [9.17, 15) is 4.79 Å². The van der Waals surface area contributed by atoms with Crippen LogP contribution in [-0.4, -0.2) is 51.7 Å². The summed E-state index contributed by atoms with van der Waals surface area (Å²) in [7, 11) is 7.35. The Morgan fingerprint density at radius 1 is 1.23 bits per heavy atom. The molecule has 0 fully saturated rings. The zero-order valence-electron chi connectivity index (χ0n) is 14.3. The molecule has 0 unspecified atom stereocenters. The van der Waals surface area contributed by atoms with E-state index < -0.39 is 0 Å². The first-order chi connectivity index (χ1) is 10.4. The number of rotatable bonds is 4. The summed E-state index contributed by atoms with van der Waals surface area (Å²) in [5, 5.41) is 0. The highest BCUT2D eigenvalue weighted by Gasteiger charge is 2.31. The van der Waals surface area contributed by atoms with Gasteiger partial charge in [0, 0.05) is 24.6 Å². The average Bonchev–Trinajstić information content (AvgIpc) is 2.51.